The largest absolute Gasteiger partial charge is 0.455 e. The van der Waals surface area contributed by atoms with Crippen molar-refractivity contribution in [3.63, 3.8) is 0 Å². The second-order valence-corrected chi connectivity index (χ2v) is 3.44. The van der Waals surface area contributed by atoms with E-state index in [1.54, 1.807) is 0 Å². The number of hydrogen-bond acceptors (Lipinski definition) is 3. The van der Waals surface area contributed by atoms with E-state index in [9.17, 15) is 0 Å². The lowest BCUT2D eigenvalue weighted by atomic mass is 10.2. The fourth-order valence-electron chi connectivity index (χ4n) is 1.62. The molecular weight excluding hydrogens is 166 g/mol. The van der Waals surface area contributed by atoms with E-state index < -0.39 is 0 Å². The van der Waals surface area contributed by atoms with Crippen molar-refractivity contribution in [3.8, 4) is 0 Å². The predicted octanol–water partition coefficient (Wildman–Crippen LogP) is 1.29. The lowest BCUT2D eigenvalue weighted by molar-refractivity contribution is -0.0425. The SMILES string of the molecule is [CH2-]N1C[C@@H](OCC)[C@H](OCCC)C1. The third-order valence-corrected chi connectivity index (χ3v) is 2.21. The third kappa shape index (κ3) is 3.25. The fraction of sp³-hybridized carbons (Fsp3) is 0.900. The molecule has 0 N–H and O–H groups in total. The second kappa shape index (κ2) is 5.58. The molecule has 78 valence electrons. The van der Waals surface area contributed by atoms with Gasteiger partial charge in [-0.3, -0.25) is 7.05 Å². The molecule has 1 fully saturated rings. The Kier molecular flexibility index (Phi) is 4.70. The summed E-state index contributed by atoms with van der Waals surface area (Å²) in [6.07, 6.45) is 1.50. The number of rotatable bonds is 5. The Balaban J connectivity index is 2.31. The third-order valence-electron chi connectivity index (χ3n) is 2.21. The summed E-state index contributed by atoms with van der Waals surface area (Å²) >= 11 is 0. The Morgan fingerprint density at radius 1 is 1.23 bits per heavy atom. The van der Waals surface area contributed by atoms with E-state index in [1.165, 1.54) is 0 Å². The summed E-state index contributed by atoms with van der Waals surface area (Å²) in [5.41, 5.74) is 0. The molecule has 0 radical (unpaired) electrons. The highest BCUT2D eigenvalue weighted by Crippen LogP contribution is 2.15. The van der Waals surface area contributed by atoms with Crippen molar-refractivity contribution < 1.29 is 9.47 Å². The van der Waals surface area contributed by atoms with E-state index >= 15 is 0 Å². The maximum absolute atomic E-state index is 5.68. The van der Waals surface area contributed by atoms with Gasteiger partial charge in [0.1, 0.15) is 0 Å². The molecule has 0 aromatic heterocycles. The van der Waals surface area contributed by atoms with Crippen LogP contribution in [0.25, 0.3) is 0 Å². The van der Waals surface area contributed by atoms with Crippen molar-refractivity contribution in [1.82, 2.24) is 4.90 Å². The van der Waals surface area contributed by atoms with Crippen LogP contribution in [0.15, 0.2) is 0 Å². The van der Waals surface area contributed by atoms with Crippen LogP contribution in [0.3, 0.4) is 0 Å². The highest BCUT2D eigenvalue weighted by molar-refractivity contribution is 4.85. The molecular formula is C10H20NO2-. The van der Waals surface area contributed by atoms with E-state index in [1.807, 2.05) is 11.8 Å². The van der Waals surface area contributed by atoms with E-state index in [0.29, 0.717) is 0 Å². The van der Waals surface area contributed by atoms with E-state index in [-0.39, 0.29) is 12.2 Å². The standard InChI is InChI=1S/C10H20NO2/c1-4-6-13-10-8-11(3)7-9(10)12-5-2/h9-10H,3-8H2,1-2H3/q-1/t9-,10-/m1/s1. The minimum Gasteiger partial charge on any atom is -0.455 e. The molecule has 0 amide bonds. The lowest BCUT2D eigenvalue weighted by Crippen LogP contribution is -2.30. The summed E-state index contributed by atoms with van der Waals surface area (Å²) in [5.74, 6) is 0. The topological polar surface area (TPSA) is 21.7 Å². The number of likely N-dealkylation sites (tertiary alicyclic amines) is 1. The molecule has 0 aliphatic carbocycles. The van der Waals surface area contributed by atoms with Crippen molar-refractivity contribution in [2.75, 3.05) is 26.3 Å². The van der Waals surface area contributed by atoms with Gasteiger partial charge in [0.2, 0.25) is 0 Å². The van der Waals surface area contributed by atoms with Gasteiger partial charge in [0.25, 0.3) is 0 Å². The van der Waals surface area contributed by atoms with Crippen LogP contribution in [0, 0.1) is 7.05 Å². The molecule has 0 unspecified atom stereocenters. The summed E-state index contributed by atoms with van der Waals surface area (Å²) in [4.78, 5) is 2.01. The second-order valence-electron chi connectivity index (χ2n) is 3.44. The molecule has 13 heavy (non-hydrogen) atoms. The zero-order valence-electron chi connectivity index (χ0n) is 8.66. The molecule has 1 aliphatic rings. The first-order chi connectivity index (χ1) is 6.27. The maximum atomic E-state index is 5.68. The average Bonchev–Trinajstić information content (AvgIpc) is 2.44. The van der Waals surface area contributed by atoms with Crippen molar-refractivity contribution in [2.24, 2.45) is 0 Å². The van der Waals surface area contributed by atoms with Crippen LogP contribution in [0.2, 0.25) is 0 Å². The van der Waals surface area contributed by atoms with Crippen molar-refractivity contribution in [2.45, 2.75) is 32.5 Å². The Hall–Kier alpha value is -0.120. The summed E-state index contributed by atoms with van der Waals surface area (Å²) in [6.45, 7) is 7.49. The Labute approximate surface area is 81.0 Å². The van der Waals surface area contributed by atoms with Gasteiger partial charge in [-0.1, -0.05) is 6.92 Å². The van der Waals surface area contributed by atoms with Crippen LogP contribution in [0.5, 0.6) is 0 Å². The quantitative estimate of drug-likeness (QED) is 0.604. The van der Waals surface area contributed by atoms with Crippen LogP contribution in [0.1, 0.15) is 20.3 Å². The van der Waals surface area contributed by atoms with Gasteiger partial charge in [-0.25, -0.2) is 0 Å². The Morgan fingerprint density at radius 3 is 2.38 bits per heavy atom. The summed E-state index contributed by atoms with van der Waals surface area (Å²) < 4.78 is 11.3. The molecule has 0 spiro atoms. The summed E-state index contributed by atoms with van der Waals surface area (Å²) in [7, 11) is 3.90. The van der Waals surface area contributed by atoms with Gasteiger partial charge in [0.15, 0.2) is 0 Å². The van der Waals surface area contributed by atoms with Crippen LogP contribution in [-0.2, 0) is 9.47 Å². The fourth-order valence-corrected chi connectivity index (χ4v) is 1.62. The molecule has 2 atom stereocenters. The molecule has 0 aromatic rings. The van der Waals surface area contributed by atoms with Crippen molar-refractivity contribution in [1.29, 1.82) is 0 Å². The van der Waals surface area contributed by atoms with E-state index in [2.05, 4.69) is 14.0 Å². The maximum Gasteiger partial charge on any atom is 0.0950 e. The number of hydrogen-bond donors (Lipinski definition) is 0. The molecule has 0 bridgehead atoms. The van der Waals surface area contributed by atoms with Gasteiger partial charge < -0.3 is 14.4 Å². The first kappa shape index (κ1) is 11.0. The molecule has 1 aliphatic heterocycles. The van der Waals surface area contributed by atoms with Gasteiger partial charge >= 0.3 is 0 Å². The molecule has 1 saturated heterocycles. The molecule has 0 aromatic carbocycles. The van der Waals surface area contributed by atoms with Gasteiger partial charge in [-0.2, -0.15) is 0 Å². The zero-order valence-corrected chi connectivity index (χ0v) is 8.66. The average molecular weight is 186 g/mol. The first-order valence-corrected chi connectivity index (χ1v) is 5.06. The van der Waals surface area contributed by atoms with Crippen molar-refractivity contribution in [3.05, 3.63) is 7.05 Å². The molecule has 1 heterocycles. The summed E-state index contributed by atoms with van der Waals surface area (Å²) in [5, 5.41) is 0. The monoisotopic (exact) mass is 186 g/mol. The number of ether oxygens (including phenoxy) is 2. The van der Waals surface area contributed by atoms with Crippen LogP contribution < -0.4 is 0 Å². The molecule has 3 nitrogen and oxygen atoms in total. The van der Waals surface area contributed by atoms with Crippen molar-refractivity contribution >= 4 is 0 Å². The van der Waals surface area contributed by atoms with E-state index in [4.69, 9.17) is 9.47 Å². The van der Waals surface area contributed by atoms with Crippen LogP contribution >= 0.6 is 0 Å². The minimum atomic E-state index is 0.217. The highest BCUT2D eigenvalue weighted by atomic mass is 16.5. The zero-order chi connectivity index (χ0) is 9.68. The van der Waals surface area contributed by atoms with Crippen LogP contribution in [-0.4, -0.2) is 43.4 Å². The smallest absolute Gasteiger partial charge is 0.0950 e. The Bertz CT molecular complexity index is 141. The number of nitrogens with zero attached hydrogens (tertiary/aromatic N) is 1. The normalized spacial score (nSPS) is 29.8. The van der Waals surface area contributed by atoms with Crippen LogP contribution in [0.4, 0.5) is 0 Å². The molecule has 1 rings (SSSR count). The van der Waals surface area contributed by atoms with E-state index in [0.717, 1.165) is 32.7 Å². The molecule has 3 heteroatoms. The predicted molar refractivity (Wildman–Crippen MR) is 52.4 cm³/mol. The summed E-state index contributed by atoms with van der Waals surface area (Å²) in [6, 6.07) is 0. The highest BCUT2D eigenvalue weighted by Gasteiger charge is 2.28. The van der Waals surface area contributed by atoms with Gasteiger partial charge in [0.05, 0.1) is 12.2 Å². The van der Waals surface area contributed by atoms with Gasteiger partial charge in [0, 0.05) is 13.2 Å². The first-order valence-electron chi connectivity index (χ1n) is 5.06. The lowest BCUT2D eigenvalue weighted by Gasteiger charge is -2.18. The van der Waals surface area contributed by atoms with Gasteiger partial charge in [-0.15, -0.1) is 0 Å². The molecule has 0 saturated carbocycles. The minimum absolute atomic E-state index is 0.217. The Morgan fingerprint density at radius 2 is 1.85 bits per heavy atom. The van der Waals surface area contributed by atoms with Gasteiger partial charge in [-0.05, 0) is 26.4 Å².